The van der Waals surface area contributed by atoms with Crippen LogP contribution in [-0.4, -0.2) is 8.07 Å². The van der Waals surface area contributed by atoms with Crippen molar-refractivity contribution >= 4 is 13.3 Å². The summed E-state index contributed by atoms with van der Waals surface area (Å²) in [4.78, 5) is 0. The second kappa shape index (κ2) is 5.25. The Morgan fingerprint density at radius 2 is 1.53 bits per heavy atom. The van der Waals surface area contributed by atoms with Crippen LogP contribution >= 0.6 is 0 Å². The molecule has 96 valence electrons. The standard InChI is InChI=1S/C13H19F3Si/c1-4-17(5-2,6-3)12-9-7-8-11(10-12)13(14,15)16/h7-10H,4-6H2,1-3H3. The summed E-state index contributed by atoms with van der Waals surface area (Å²) < 4.78 is 38.1. The van der Waals surface area contributed by atoms with Gasteiger partial charge in [-0.25, -0.2) is 0 Å². The van der Waals surface area contributed by atoms with Crippen LogP contribution in [0.2, 0.25) is 18.1 Å². The van der Waals surface area contributed by atoms with E-state index in [2.05, 4.69) is 20.8 Å². The first-order chi connectivity index (χ1) is 7.89. The summed E-state index contributed by atoms with van der Waals surface area (Å²) in [5, 5.41) is 0.944. The predicted molar refractivity (Wildman–Crippen MR) is 68.3 cm³/mol. The quantitative estimate of drug-likeness (QED) is 0.703. The van der Waals surface area contributed by atoms with E-state index in [4.69, 9.17) is 0 Å². The van der Waals surface area contributed by atoms with E-state index in [0.29, 0.717) is 0 Å². The first-order valence-electron chi connectivity index (χ1n) is 6.07. The molecule has 0 aliphatic rings. The highest BCUT2D eigenvalue weighted by Crippen LogP contribution is 2.29. The SMILES string of the molecule is CC[Si](CC)(CC)c1cccc(C(F)(F)F)c1. The summed E-state index contributed by atoms with van der Waals surface area (Å²) in [6.45, 7) is 6.29. The van der Waals surface area contributed by atoms with Crippen molar-refractivity contribution in [3.05, 3.63) is 29.8 Å². The van der Waals surface area contributed by atoms with Crippen molar-refractivity contribution in [2.75, 3.05) is 0 Å². The molecule has 17 heavy (non-hydrogen) atoms. The van der Waals surface area contributed by atoms with Gasteiger partial charge in [0.1, 0.15) is 0 Å². The lowest BCUT2D eigenvalue weighted by molar-refractivity contribution is -0.137. The van der Waals surface area contributed by atoms with Gasteiger partial charge in [0.2, 0.25) is 0 Å². The smallest absolute Gasteiger partial charge is 0.166 e. The fourth-order valence-electron chi connectivity index (χ4n) is 2.39. The molecule has 1 aromatic carbocycles. The maximum absolute atomic E-state index is 12.7. The van der Waals surface area contributed by atoms with Crippen molar-refractivity contribution < 1.29 is 13.2 Å². The van der Waals surface area contributed by atoms with Crippen molar-refractivity contribution in [1.29, 1.82) is 0 Å². The number of alkyl halides is 3. The van der Waals surface area contributed by atoms with E-state index in [1.54, 1.807) is 6.07 Å². The first-order valence-corrected chi connectivity index (χ1v) is 8.69. The lowest BCUT2D eigenvalue weighted by Gasteiger charge is -2.29. The van der Waals surface area contributed by atoms with Gasteiger partial charge in [0.25, 0.3) is 0 Å². The Morgan fingerprint density at radius 3 is 1.94 bits per heavy atom. The first kappa shape index (κ1) is 14.3. The molecule has 1 aromatic rings. The zero-order chi connectivity index (χ0) is 13.1. The van der Waals surface area contributed by atoms with Gasteiger partial charge in [0, 0.05) is 0 Å². The summed E-state index contributed by atoms with van der Waals surface area (Å²) in [6, 6.07) is 8.94. The molecule has 0 unspecified atom stereocenters. The van der Waals surface area contributed by atoms with Gasteiger partial charge in [-0.15, -0.1) is 0 Å². The molecule has 0 saturated heterocycles. The van der Waals surface area contributed by atoms with E-state index in [-0.39, 0.29) is 0 Å². The molecule has 0 amide bonds. The Morgan fingerprint density at radius 1 is 1.00 bits per heavy atom. The molecule has 0 heterocycles. The van der Waals surface area contributed by atoms with Crippen LogP contribution in [0.5, 0.6) is 0 Å². The molecule has 0 fully saturated rings. The van der Waals surface area contributed by atoms with Crippen molar-refractivity contribution in [3.8, 4) is 0 Å². The fourth-order valence-corrected chi connectivity index (χ4v) is 6.02. The Kier molecular flexibility index (Phi) is 4.41. The van der Waals surface area contributed by atoms with Crippen LogP contribution in [0, 0.1) is 0 Å². The number of hydrogen-bond acceptors (Lipinski definition) is 0. The third-order valence-corrected chi connectivity index (χ3v) is 9.43. The summed E-state index contributed by atoms with van der Waals surface area (Å²) >= 11 is 0. The zero-order valence-corrected chi connectivity index (χ0v) is 11.6. The Labute approximate surface area is 102 Å². The lowest BCUT2D eigenvalue weighted by atomic mass is 10.2. The number of benzene rings is 1. The Bertz CT molecular complexity index is 359. The second-order valence-corrected chi connectivity index (χ2v) is 9.68. The van der Waals surface area contributed by atoms with E-state index in [1.165, 1.54) is 6.07 Å². The Hall–Kier alpha value is -0.773. The van der Waals surface area contributed by atoms with Crippen LogP contribution in [-0.2, 0) is 6.18 Å². The lowest BCUT2D eigenvalue weighted by Crippen LogP contribution is -2.46. The van der Waals surface area contributed by atoms with Gasteiger partial charge in [0.05, 0.1) is 13.6 Å². The highest BCUT2D eigenvalue weighted by atomic mass is 28.3. The second-order valence-electron chi connectivity index (χ2n) is 4.42. The van der Waals surface area contributed by atoms with Crippen LogP contribution < -0.4 is 5.19 Å². The molecule has 0 atom stereocenters. The van der Waals surface area contributed by atoms with Gasteiger partial charge in [0.15, 0.2) is 0 Å². The monoisotopic (exact) mass is 260 g/mol. The van der Waals surface area contributed by atoms with E-state index < -0.39 is 19.8 Å². The largest absolute Gasteiger partial charge is 0.416 e. The minimum atomic E-state index is -4.23. The summed E-state index contributed by atoms with van der Waals surface area (Å²) in [5.74, 6) is 0. The maximum atomic E-state index is 12.7. The fraction of sp³-hybridized carbons (Fsp3) is 0.538. The van der Waals surface area contributed by atoms with Crippen LogP contribution in [0.25, 0.3) is 0 Å². The topological polar surface area (TPSA) is 0 Å². The average Bonchev–Trinajstić information content (AvgIpc) is 2.31. The van der Waals surface area contributed by atoms with Gasteiger partial charge in [-0.05, 0) is 0 Å². The summed E-state index contributed by atoms with van der Waals surface area (Å²) in [7, 11) is -1.70. The van der Waals surface area contributed by atoms with Gasteiger partial charge in [-0.2, -0.15) is 13.2 Å². The molecule has 4 heteroatoms. The molecule has 0 spiro atoms. The number of halogens is 3. The Balaban J connectivity index is 3.23. The van der Waals surface area contributed by atoms with Gasteiger partial charge >= 0.3 is 6.18 Å². The summed E-state index contributed by atoms with van der Waals surface area (Å²) in [5.41, 5.74) is -0.512. The van der Waals surface area contributed by atoms with Crippen molar-refractivity contribution in [3.63, 3.8) is 0 Å². The summed E-state index contributed by atoms with van der Waals surface area (Å²) in [6.07, 6.45) is -4.23. The van der Waals surface area contributed by atoms with E-state index in [1.807, 2.05) is 6.07 Å². The number of hydrogen-bond donors (Lipinski definition) is 0. The van der Waals surface area contributed by atoms with Crippen molar-refractivity contribution in [2.24, 2.45) is 0 Å². The average molecular weight is 260 g/mol. The molecule has 0 aliphatic carbocycles. The molecule has 0 aliphatic heterocycles. The molecule has 0 nitrogen and oxygen atoms in total. The molecule has 0 radical (unpaired) electrons. The van der Waals surface area contributed by atoms with Gasteiger partial charge in [-0.3, -0.25) is 0 Å². The van der Waals surface area contributed by atoms with Gasteiger partial charge < -0.3 is 0 Å². The molecule has 0 bridgehead atoms. The third kappa shape index (κ3) is 2.92. The van der Waals surface area contributed by atoms with E-state index >= 15 is 0 Å². The molecule has 0 saturated carbocycles. The van der Waals surface area contributed by atoms with Gasteiger partial charge in [-0.1, -0.05) is 68.4 Å². The van der Waals surface area contributed by atoms with Crippen LogP contribution in [0.1, 0.15) is 26.3 Å². The highest BCUT2D eigenvalue weighted by Gasteiger charge is 2.34. The van der Waals surface area contributed by atoms with Crippen LogP contribution in [0.4, 0.5) is 13.2 Å². The zero-order valence-electron chi connectivity index (χ0n) is 10.6. The third-order valence-electron chi connectivity index (χ3n) is 3.83. The minimum absolute atomic E-state index is 0.512. The number of rotatable bonds is 4. The molecular weight excluding hydrogens is 241 g/mol. The highest BCUT2D eigenvalue weighted by molar-refractivity contribution is 6.91. The maximum Gasteiger partial charge on any atom is 0.416 e. The molecule has 0 aromatic heterocycles. The normalized spacial score (nSPS) is 12.8. The van der Waals surface area contributed by atoms with Crippen molar-refractivity contribution in [2.45, 2.75) is 45.1 Å². The minimum Gasteiger partial charge on any atom is -0.166 e. The predicted octanol–water partition coefficient (Wildman–Crippen LogP) is 4.42. The van der Waals surface area contributed by atoms with E-state index in [9.17, 15) is 13.2 Å². The van der Waals surface area contributed by atoms with E-state index in [0.717, 1.165) is 29.4 Å². The van der Waals surface area contributed by atoms with Crippen molar-refractivity contribution in [1.82, 2.24) is 0 Å². The molecular formula is C13H19F3Si. The molecule has 0 N–H and O–H groups in total. The molecule has 1 rings (SSSR count). The van der Waals surface area contributed by atoms with Crippen LogP contribution in [0.15, 0.2) is 24.3 Å². The van der Waals surface area contributed by atoms with Crippen LogP contribution in [0.3, 0.4) is 0 Å².